The van der Waals surface area contributed by atoms with E-state index in [2.05, 4.69) is 24.8 Å². The van der Waals surface area contributed by atoms with Gasteiger partial charge in [0.1, 0.15) is 11.6 Å². The topological polar surface area (TPSA) is 106 Å². The van der Waals surface area contributed by atoms with Crippen LogP contribution < -0.4 is 10.0 Å². The van der Waals surface area contributed by atoms with Gasteiger partial charge in [0.25, 0.3) is 5.91 Å². The maximum atomic E-state index is 12.7. The maximum Gasteiger partial charge on any atom is 0.251 e. The number of carbonyl (C=O) groups excluding carboxylic acids is 1. The number of carbonyl (C=O) groups is 1. The Morgan fingerprint density at radius 1 is 1.00 bits per heavy atom. The molecule has 168 valence electrons. The average molecular weight is 454 g/mol. The number of rotatable bonds is 8. The van der Waals surface area contributed by atoms with Gasteiger partial charge in [-0.2, -0.15) is 0 Å². The number of amides is 1. The monoisotopic (exact) mass is 453 g/mol. The highest BCUT2D eigenvalue weighted by molar-refractivity contribution is 7.89. The lowest BCUT2D eigenvalue weighted by atomic mass is 10.2. The van der Waals surface area contributed by atoms with Gasteiger partial charge < -0.3 is 9.88 Å². The van der Waals surface area contributed by atoms with E-state index in [9.17, 15) is 13.2 Å². The lowest BCUT2D eigenvalue weighted by Gasteiger charge is -2.10. The average Bonchev–Trinajstić information content (AvgIpc) is 3.04. The molecular formula is C23H27N5O3S. The summed E-state index contributed by atoms with van der Waals surface area (Å²) in [6.07, 6.45) is 4.96. The molecule has 4 rings (SSSR count). The summed E-state index contributed by atoms with van der Waals surface area (Å²) in [6.45, 7) is 1.50. The first-order chi connectivity index (χ1) is 15.5. The van der Waals surface area contributed by atoms with Gasteiger partial charge in [0.05, 0.1) is 4.90 Å². The molecule has 0 atom stereocenters. The number of nitrogens with zero attached hydrogens (tertiary/aromatic N) is 3. The summed E-state index contributed by atoms with van der Waals surface area (Å²) < 4.78 is 30.0. The van der Waals surface area contributed by atoms with Gasteiger partial charge in [-0.1, -0.05) is 42.8 Å². The second kappa shape index (κ2) is 10.1. The number of aromatic nitrogens is 3. The highest BCUT2D eigenvalue weighted by Crippen LogP contribution is 2.15. The SMILES string of the molecule is O=C(NCCc1nnc2n1CCCCC2)c1cccc(S(=O)(=O)NCc2ccccc2)c1. The van der Waals surface area contributed by atoms with Crippen molar-refractivity contribution in [2.45, 2.75) is 50.1 Å². The van der Waals surface area contributed by atoms with Gasteiger partial charge in [0, 0.05) is 38.0 Å². The van der Waals surface area contributed by atoms with Crippen molar-refractivity contribution in [1.82, 2.24) is 24.8 Å². The van der Waals surface area contributed by atoms with Gasteiger partial charge in [-0.25, -0.2) is 13.1 Å². The van der Waals surface area contributed by atoms with Crippen molar-refractivity contribution in [1.29, 1.82) is 0 Å². The zero-order chi connectivity index (χ0) is 22.4. The van der Waals surface area contributed by atoms with E-state index in [4.69, 9.17) is 0 Å². The largest absolute Gasteiger partial charge is 0.352 e. The third-order valence-electron chi connectivity index (χ3n) is 5.54. The molecule has 8 nitrogen and oxygen atoms in total. The molecule has 2 N–H and O–H groups in total. The Bertz CT molecular complexity index is 1180. The number of sulfonamides is 1. The summed E-state index contributed by atoms with van der Waals surface area (Å²) in [4.78, 5) is 12.7. The van der Waals surface area contributed by atoms with Gasteiger partial charge in [-0.05, 0) is 36.6 Å². The number of fused-ring (bicyclic) bond motifs is 1. The summed E-state index contributed by atoms with van der Waals surface area (Å²) in [5, 5.41) is 11.4. The van der Waals surface area contributed by atoms with Gasteiger partial charge in [-0.15, -0.1) is 10.2 Å². The molecule has 0 spiro atoms. The standard InChI is InChI=1S/C23H27N5O3S/c29-23(24-14-13-22-27-26-21-12-5-2-6-15-28(21)22)19-10-7-11-20(16-19)32(30,31)25-17-18-8-3-1-4-9-18/h1,3-4,7-11,16,25H,2,5-6,12-15,17H2,(H,24,29). The Hall–Kier alpha value is -3.04. The lowest BCUT2D eigenvalue weighted by molar-refractivity contribution is 0.0953. The fraction of sp³-hybridized carbons (Fsp3) is 0.348. The van der Waals surface area contributed by atoms with Crippen LogP contribution in [0, 0.1) is 0 Å². The fourth-order valence-electron chi connectivity index (χ4n) is 3.78. The van der Waals surface area contributed by atoms with E-state index in [0.29, 0.717) is 18.5 Å². The predicted molar refractivity (Wildman–Crippen MR) is 121 cm³/mol. The molecule has 1 aromatic heterocycles. The molecule has 0 saturated carbocycles. The van der Waals surface area contributed by atoms with Crippen molar-refractivity contribution in [3.8, 4) is 0 Å². The Morgan fingerprint density at radius 2 is 1.84 bits per heavy atom. The van der Waals surface area contributed by atoms with Crippen molar-refractivity contribution in [2.75, 3.05) is 6.54 Å². The van der Waals surface area contributed by atoms with Crippen LogP contribution in [0.4, 0.5) is 0 Å². The number of aryl methyl sites for hydroxylation is 1. The second-order valence-electron chi connectivity index (χ2n) is 7.84. The zero-order valence-corrected chi connectivity index (χ0v) is 18.6. The van der Waals surface area contributed by atoms with Crippen LogP contribution in [0.25, 0.3) is 0 Å². The van der Waals surface area contributed by atoms with Gasteiger partial charge in [0.2, 0.25) is 10.0 Å². The Labute approximate surface area is 188 Å². The molecule has 1 amide bonds. The van der Waals surface area contributed by atoms with Crippen molar-refractivity contribution in [3.63, 3.8) is 0 Å². The van der Waals surface area contributed by atoms with E-state index in [1.807, 2.05) is 30.3 Å². The highest BCUT2D eigenvalue weighted by Gasteiger charge is 2.17. The molecule has 0 unspecified atom stereocenters. The predicted octanol–water partition coefficient (Wildman–Crippen LogP) is 2.46. The molecule has 1 aliphatic rings. The van der Waals surface area contributed by atoms with Crippen molar-refractivity contribution in [2.24, 2.45) is 0 Å². The zero-order valence-electron chi connectivity index (χ0n) is 17.8. The minimum Gasteiger partial charge on any atom is -0.352 e. The number of benzene rings is 2. The van der Waals surface area contributed by atoms with E-state index in [-0.39, 0.29) is 17.3 Å². The number of nitrogens with one attached hydrogen (secondary N) is 2. The smallest absolute Gasteiger partial charge is 0.251 e. The molecule has 2 heterocycles. The first kappa shape index (κ1) is 22.2. The molecule has 2 aromatic carbocycles. The van der Waals surface area contributed by atoms with Crippen LogP contribution >= 0.6 is 0 Å². The maximum absolute atomic E-state index is 12.7. The fourth-order valence-corrected chi connectivity index (χ4v) is 4.85. The third kappa shape index (κ3) is 5.41. The molecule has 0 saturated heterocycles. The van der Waals surface area contributed by atoms with Gasteiger partial charge in [0.15, 0.2) is 0 Å². The summed E-state index contributed by atoms with van der Waals surface area (Å²) in [6, 6.07) is 15.3. The first-order valence-corrected chi connectivity index (χ1v) is 12.3. The molecule has 1 aliphatic heterocycles. The molecule has 9 heteroatoms. The van der Waals surface area contributed by atoms with Crippen molar-refractivity contribution >= 4 is 15.9 Å². The van der Waals surface area contributed by atoms with Crippen molar-refractivity contribution in [3.05, 3.63) is 77.4 Å². The van der Waals surface area contributed by atoms with E-state index in [1.54, 1.807) is 12.1 Å². The van der Waals surface area contributed by atoms with E-state index in [1.165, 1.54) is 18.6 Å². The van der Waals surface area contributed by atoms with Crippen LogP contribution in [0.5, 0.6) is 0 Å². The first-order valence-electron chi connectivity index (χ1n) is 10.9. The van der Waals surface area contributed by atoms with Crippen LogP contribution in [0.1, 0.15) is 46.8 Å². The molecular weight excluding hydrogens is 426 g/mol. The molecule has 32 heavy (non-hydrogen) atoms. The van der Waals surface area contributed by atoms with Crippen LogP contribution in [0.15, 0.2) is 59.5 Å². The summed E-state index contributed by atoms with van der Waals surface area (Å²) >= 11 is 0. The second-order valence-corrected chi connectivity index (χ2v) is 9.61. The van der Waals surface area contributed by atoms with Crippen molar-refractivity contribution < 1.29 is 13.2 Å². The van der Waals surface area contributed by atoms with Crippen LogP contribution in [0.3, 0.4) is 0 Å². The molecule has 0 radical (unpaired) electrons. The third-order valence-corrected chi connectivity index (χ3v) is 6.93. The molecule has 0 fully saturated rings. The summed E-state index contributed by atoms with van der Waals surface area (Å²) in [5.41, 5.74) is 1.16. The van der Waals surface area contributed by atoms with Crippen LogP contribution in [-0.4, -0.2) is 35.6 Å². The molecule has 0 aliphatic carbocycles. The van der Waals surface area contributed by atoms with E-state index < -0.39 is 10.0 Å². The molecule has 3 aromatic rings. The highest BCUT2D eigenvalue weighted by atomic mass is 32.2. The Kier molecular flexibility index (Phi) is 6.96. The summed E-state index contributed by atoms with van der Waals surface area (Å²) in [7, 11) is -3.74. The van der Waals surface area contributed by atoms with Crippen LogP contribution in [-0.2, 0) is 36.0 Å². The number of hydrogen-bond donors (Lipinski definition) is 2. The normalized spacial score (nSPS) is 13.9. The minimum absolute atomic E-state index is 0.0591. The quantitative estimate of drug-likeness (QED) is 0.545. The minimum atomic E-state index is -3.74. The molecule has 0 bridgehead atoms. The van der Waals surface area contributed by atoms with Gasteiger partial charge >= 0.3 is 0 Å². The van der Waals surface area contributed by atoms with E-state index in [0.717, 1.165) is 43.0 Å². The van der Waals surface area contributed by atoms with E-state index >= 15 is 0 Å². The number of hydrogen-bond acceptors (Lipinski definition) is 5. The Balaban J connectivity index is 1.35. The lowest BCUT2D eigenvalue weighted by Crippen LogP contribution is -2.27. The Morgan fingerprint density at radius 3 is 2.69 bits per heavy atom. The summed E-state index contributed by atoms with van der Waals surface area (Å²) in [5.74, 6) is 1.58. The van der Waals surface area contributed by atoms with Crippen LogP contribution in [0.2, 0.25) is 0 Å². The van der Waals surface area contributed by atoms with Gasteiger partial charge in [-0.3, -0.25) is 4.79 Å².